The van der Waals surface area contributed by atoms with Crippen molar-refractivity contribution >= 4 is 53.2 Å². The van der Waals surface area contributed by atoms with Crippen molar-refractivity contribution < 1.29 is 24.6 Å². The quantitative estimate of drug-likeness (QED) is 0.524. The Morgan fingerprint density at radius 3 is 2.57 bits per heavy atom. The second-order valence-corrected chi connectivity index (χ2v) is 7.50. The van der Waals surface area contributed by atoms with E-state index in [1.165, 1.54) is 0 Å². The highest BCUT2D eigenvalue weighted by molar-refractivity contribution is 6.33. The molecule has 0 aromatic heterocycles. The van der Waals surface area contributed by atoms with Crippen molar-refractivity contribution in [3.05, 3.63) is 23.2 Å². The fourth-order valence-electron chi connectivity index (χ4n) is 3.51. The zero-order chi connectivity index (χ0) is 19.6. The largest absolute Gasteiger partial charge is 0.481 e. The van der Waals surface area contributed by atoms with Crippen LogP contribution in [0.25, 0.3) is 0 Å². The van der Waals surface area contributed by atoms with Gasteiger partial charge in [-0.3, -0.25) is 19.7 Å². The number of nitrogens with one attached hydrogen (secondary N) is 2. The van der Waals surface area contributed by atoms with Gasteiger partial charge in [-0.25, -0.2) is 0 Å². The predicted molar refractivity (Wildman–Crippen MR) is 107 cm³/mol. The molecule has 8 nitrogen and oxygen atoms in total. The molecule has 1 atom stereocenters. The molecule has 28 heavy (non-hydrogen) atoms. The molecule has 10 heteroatoms. The fourth-order valence-corrected chi connectivity index (χ4v) is 3.81. The van der Waals surface area contributed by atoms with Crippen LogP contribution in [0.15, 0.2) is 18.2 Å². The third-order valence-electron chi connectivity index (χ3n) is 5.04. The Morgan fingerprint density at radius 2 is 2.00 bits per heavy atom. The minimum Gasteiger partial charge on any atom is -0.481 e. The molecule has 0 aliphatic carbocycles. The maximum absolute atomic E-state index is 11.8. The van der Waals surface area contributed by atoms with Gasteiger partial charge in [0.05, 0.1) is 22.7 Å². The first-order chi connectivity index (χ1) is 12.8. The van der Waals surface area contributed by atoms with E-state index in [-0.39, 0.29) is 30.6 Å². The molecule has 1 aromatic rings. The average Bonchev–Trinajstić information content (AvgIpc) is 2.58. The number of hydrogen-bond acceptors (Lipinski definition) is 6. The van der Waals surface area contributed by atoms with Crippen molar-refractivity contribution in [1.82, 2.24) is 5.32 Å². The Bertz CT molecular complexity index is 766. The highest BCUT2D eigenvalue weighted by Crippen LogP contribution is 2.34. The van der Waals surface area contributed by atoms with Gasteiger partial charge in [-0.1, -0.05) is 11.6 Å². The number of hydrogen-bond donors (Lipinski definition) is 4. The van der Waals surface area contributed by atoms with Gasteiger partial charge >= 0.3 is 5.97 Å². The van der Waals surface area contributed by atoms with E-state index < -0.39 is 17.6 Å². The van der Waals surface area contributed by atoms with Gasteiger partial charge in [0.15, 0.2) is 0 Å². The molecule has 3 rings (SSSR count). The number of rotatable bonds is 5. The van der Waals surface area contributed by atoms with Crippen LogP contribution in [0.2, 0.25) is 5.02 Å². The van der Waals surface area contributed by atoms with E-state index >= 15 is 0 Å². The van der Waals surface area contributed by atoms with Gasteiger partial charge in [-0.05, 0) is 37.5 Å². The molecule has 2 aliphatic rings. The Kier molecular flexibility index (Phi) is 7.14. The molecule has 0 saturated carbocycles. The van der Waals surface area contributed by atoms with Crippen LogP contribution in [0, 0.1) is 0 Å². The number of halogens is 2. The summed E-state index contributed by atoms with van der Waals surface area (Å²) in [6, 6.07) is 4.88. The Morgan fingerprint density at radius 1 is 1.32 bits per heavy atom. The summed E-state index contributed by atoms with van der Waals surface area (Å²) in [5.74, 6) is -1.62. The molecular weight excluding hydrogens is 409 g/mol. The number of carbonyl (C=O) groups is 3. The second-order valence-electron chi connectivity index (χ2n) is 7.10. The number of carboxylic acid groups (broad SMARTS) is 1. The smallest absolute Gasteiger partial charge is 0.306 e. The van der Waals surface area contributed by atoms with E-state index in [0.29, 0.717) is 49.5 Å². The van der Waals surface area contributed by atoms with E-state index in [9.17, 15) is 19.5 Å². The molecule has 0 spiro atoms. The van der Waals surface area contributed by atoms with Crippen molar-refractivity contribution in [3.63, 3.8) is 0 Å². The lowest BCUT2D eigenvalue weighted by atomic mass is 9.88. The number of amides is 2. The maximum atomic E-state index is 11.8. The summed E-state index contributed by atoms with van der Waals surface area (Å²) >= 11 is 6.40. The number of aliphatic carboxylic acids is 1. The summed E-state index contributed by atoms with van der Waals surface area (Å²) in [7, 11) is 0. The second kappa shape index (κ2) is 8.98. The lowest BCUT2D eigenvalue weighted by Crippen LogP contribution is -2.47. The number of nitrogens with zero attached hydrogens (tertiary/aromatic N) is 1. The molecule has 0 radical (unpaired) electrons. The van der Waals surface area contributed by atoms with E-state index in [4.69, 9.17) is 16.7 Å². The van der Waals surface area contributed by atoms with E-state index in [2.05, 4.69) is 10.6 Å². The predicted octanol–water partition coefficient (Wildman–Crippen LogP) is 1.78. The van der Waals surface area contributed by atoms with E-state index in [1.54, 1.807) is 6.07 Å². The molecule has 2 heterocycles. The van der Waals surface area contributed by atoms with Gasteiger partial charge in [-0.2, -0.15) is 0 Å². The molecule has 2 amide bonds. The van der Waals surface area contributed by atoms with Gasteiger partial charge < -0.3 is 20.4 Å². The van der Waals surface area contributed by atoms with E-state index in [1.807, 2.05) is 17.0 Å². The first kappa shape index (κ1) is 22.3. The van der Waals surface area contributed by atoms with Crippen LogP contribution in [-0.2, 0) is 14.4 Å². The number of benzene rings is 1. The molecule has 4 N–H and O–H groups in total. The number of anilines is 2. The van der Waals surface area contributed by atoms with Crippen LogP contribution in [0.5, 0.6) is 0 Å². The standard InChI is InChI=1S/C18H22ClN3O5.ClH/c19-12-9-11(20-13-2-4-15(23)21-17(13)26)1-3-14(12)22-7-5-18(27,6-8-22)10-16(24)25;/h1,3,9,13,20,27H,2,4-8,10H2,(H,24,25)(H,21,23,26);1H/t13-;/m1./s1. The third-order valence-corrected chi connectivity index (χ3v) is 5.35. The molecule has 0 bridgehead atoms. The summed E-state index contributed by atoms with van der Waals surface area (Å²) in [4.78, 5) is 35.9. The molecule has 2 fully saturated rings. The van der Waals surface area contributed by atoms with Gasteiger partial charge in [0, 0.05) is 25.2 Å². The van der Waals surface area contributed by atoms with Crippen LogP contribution in [-0.4, -0.2) is 52.7 Å². The summed E-state index contributed by atoms with van der Waals surface area (Å²) in [6.07, 6.45) is 1.17. The molecule has 1 aromatic carbocycles. The van der Waals surface area contributed by atoms with Crippen LogP contribution in [0.4, 0.5) is 11.4 Å². The lowest BCUT2D eigenvalue weighted by Gasteiger charge is -2.39. The minimum absolute atomic E-state index is 0. The van der Waals surface area contributed by atoms with Crippen molar-refractivity contribution in [1.29, 1.82) is 0 Å². The molecule has 2 aliphatic heterocycles. The Balaban J connectivity index is 0.00000280. The highest BCUT2D eigenvalue weighted by atomic mass is 35.5. The van der Waals surface area contributed by atoms with E-state index in [0.717, 1.165) is 5.69 Å². The van der Waals surface area contributed by atoms with Crippen molar-refractivity contribution in [2.45, 2.75) is 43.7 Å². The Labute approximate surface area is 173 Å². The Hall–Kier alpha value is -2.03. The van der Waals surface area contributed by atoms with Crippen molar-refractivity contribution in [3.8, 4) is 0 Å². The first-order valence-corrected chi connectivity index (χ1v) is 9.22. The third kappa shape index (κ3) is 5.27. The van der Waals surface area contributed by atoms with Crippen LogP contribution < -0.4 is 15.5 Å². The number of carboxylic acids is 1. The average molecular weight is 432 g/mol. The first-order valence-electron chi connectivity index (χ1n) is 8.85. The normalized spacial score (nSPS) is 21.5. The van der Waals surface area contributed by atoms with Crippen LogP contribution >= 0.6 is 24.0 Å². The van der Waals surface area contributed by atoms with Crippen molar-refractivity contribution in [2.75, 3.05) is 23.3 Å². The molecule has 154 valence electrons. The molecule has 0 unspecified atom stereocenters. The summed E-state index contributed by atoms with van der Waals surface area (Å²) in [5.41, 5.74) is 0.294. The number of imide groups is 1. The van der Waals surface area contributed by atoms with Crippen LogP contribution in [0.1, 0.15) is 32.1 Å². The number of piperidine rings is 2. The zero-order valence-electron chi connectivity index (χ0n) is 15.1. The van der Waals surface area contributed by atoms with Crippen LogP contribution in [0.3, 0.4) is 0 Å². The maximum Gasteiger partial charge on any atom is 0.306 e. The van der Waals surface area contributed by atoms with Gasteiger partial charge in [0.25, 0.3) is 0 Å². The molecule has 2 saturated heterocycles. The topological polar surface area (TPSA) is 119 Å². The number of aliphatic hydroxyl groups is 1. The summed E-state index contributed by atoms with van der Waals surface area (Å²) in [5, 5.41) is 25.1. The SMILES string of the molecule is Cl.O=C(O)CC1(O)CCN(c2ccc(N[C@@H]3CCC(=O)NC3=O)cc2Cl)CC1. The minimum atomic E-state index is -1.18. The van der Waals surface area contributed by atoms with Gasteiger partial charge in [0.2, 0.25) is 11.8 Å². The highest BCUT2D eigenvalue weighted by Gasteiger charge is 2.35. The number of carbonyl (C=O) groups excluding carboxylic acids is 2. The summed E-state index contributed by atoms with van der Waals surface area (Å²) in [6.45, 7) is 1.01. The van der Waals surface area contributed by atoms with Gasteiger partial charge in [0.1, 0.15) is 6.04 Å². The monoisotopic (exact) mass is 431 g/mol. The van der Waals surface area contributed by atoms with Gasteiger partial charge in [-0.15, -0.1) is 12.4 Å². The lowest BCUT2D eigenvalue weighted by molar-refractivity contribution is -0.143. The zero-order valence-corrected chi connectivity index (χ0v) is 16.7. The summed E-state index contributed by atoms with van der Waals surface area (Å²) < 4.78 is 0. The molecular formula is C18H23Cl2N3O5. The fraction of sp³-hybridized carbons (Fsp3) is 0.500. The van der Waals surface area contributed by atoms with Crippen molar-refractivity contribution in [2.24, 2.45) is 0 Å².